The highest BCUT2D eigenvalue weighted by molar-refractivity contribution is 5.84. The average Bonchev–Trinajstić information content (AvgIpc) is 3.14. The first-order chi connectivity index (χ1) is 14.0. The van der Waals surface area contributed by atoms with Crippen molar-refractivity contribution in [2.75, 3.05) is 31.3 Å². The van der Waals surface area contributed by atoms with Crippen molar-refractivity contribution in [3.8, 4) is 0 Å². The number of hydrogen-bond acceptors (Lipinski definition) is 7. The SMILES string of the molecule is CN(C)CCCn1cc(Nc2ncc(C=N)c(NCc3ccccc3F)n2)cn1.[HH]. The van der Waals surface area contributed by atoms with Gasteiger partial charge >= 0.3 is 0 Å². The van der Waals surface area contributed by atoms with E-state index in [0.29, 0.717) is 22.9 Å². The van der Waals surface area contributed by atoms with Gasteiger partial charge in [0.15, 0.2) is 0 Å². The molecule has 0 amide bonds. The maximum absolute atomic E-state index is 13.8. The van der Waals surface area contributed by atoms with Gasteiger partial charge in [0.1, 0.15) is 11.6 Å². The van der Waals surface area contributed by atoms with Crippen molar-refractivity contribution in [1.29, 1.82) is 5.41 Å². The van der Waals surface area contributed by atoms with Crippen molar-refractivity contribution in [2.24, 2.45) is 0 Å². The fraction of sp³-hybridized carbons (Fsp3) is 0.300. The van der Waals surface area contributed by atoms with Crippen LogP contribution in [0.25, 0.3) is 0 Å². The van der Waals surface area contributed by atoms with E-state index in [4.69, 9.17) is 5.41 Å². The maximum atomic E-state index is 13.8. The molecule has 0 saturated carbocycles. The topological polar surface area (TPSA) is 94.8 Å². The number of benzene rings is 1. The van der Waals surface area contributed by atoms with E-state index in [1.165, 1.54) is 6.07 Å². The highest BCUT2D eigenvalue weighted by Gasteiger charge is 2.08. The van der Waals surface area contributed by atoms with Crippen LogP contribution in [0.2, 0.25) is 0 Å². The first-order valence-electron chi connectivity index (χ1n) is 9.34. The molecular formula is C20H27FN8. The van der Waals surface area contributed by atoms with Gasteiger partial charge in [-0.15, -0.1) is 0 Å². The monoisotopic (exact) mass is 398 g/mol. The first-order valence-corrected chi connectivity index (χ1v) is 9.34. The second kappa shape index (κ2) is 9.74. The quantitative estimate of drug-likeness (QED) is 0.453. The van der Waals surface area contributed by atoms with Crippen LogP contribution in [0.1, 0.15) is 19.0 Å². The van der Waals surface area contributed by atoms with Crippen molar-refractivity contribution in [3.63, 3.8) is 0 Å². The molecule has 2 heterocycles. The van der Waals surface area contributed by atoms with Crippen LogP contribution in [0.15, 0.2) is 42.9 Å². The molecule has 1 aromatic carbocycles. The largest absolute Gasteiger partial charge is 0.365 e. The van der Waals surface area contributed by atoms with E-state index in [9.17, 15) is 4.39 Å². The number of rotatable bonds is 10. The van der Waals surface area contributed by atoms with Crippen LogP contribution < -0.4 is 10.6 Å². The lowest BCUT2D eigenvalue weighted by molar-refractivity contribution is 0.380. The van der Waals surface area contributed by atoms with Gasteiger partial charge in [-0.25, -0.2) is 9.37 Å². The predicted octanol–water partition coefficient (Wildman–Crippen LogP) is 3.36. The van der Waals surface area contributed by atoms with Crippen LogP contribution in [0.5, 0.6) is 0 Å². The minimum absolute atomic E-state index is 0. The molecule has 8 nitrogen and oxygen atoms in total. The third-order valence-corrected chi connectivity index (χ3v) is 4.26. The Morgan fingerprint density at radius 2 is 2.10 bits per heavy atom. The van der Waals surface area contributed by atoms with Crippen LogP contribution in [-0.2, 0) is 13.1 Å². The summed E-state index contributed by atoms with van der Waals surface area (Å²) in [5.74, 6) is 0.545. The van der Waals surface area contributed by atoms with Crippen molar-refractivity contribution in [1.82, 2.24) is 24.6 Å². The Morgan fingerprint density at radius 3 is 2.86 bits per heavy atom. The molecule has 2 aromatic heterocycles. The normalized spacial score (nSPS) is 10.9. The third kappa shape index (κ3) is 5.82. The van der Waals surface area contributed by atoms with Gasteiger partial charge in [0, 0.05) is 38.7 Å². The van der Waals surface area contributed by atoms with Crippen LogP contribution in [0.4, 0.5) is 21.8 Å². The lowest BCUT2D eigenvalue weighted by Crippen LogP contribution is -2.15. The van der Waals surface area contributed by atoms with Crippen LogP contribution in [-0.4, -0.2) is 51.5 Å². The Balaban J connectivity index is 0.00000320. The van der Waals surface area contributed by atoms with E-state index >= 15 is 0 Å². The zero-order chi connectivity index (χ0) is 20.6. The van der Waals surface area contributed by atoms with Gasteiger partial charge in [-0.3, -0.25) is 4.68 Å². The van der Waals surface area contributed by atoms with Crippen molar-refractivity contribution < 1.29 is 5.82 Å². The lowest BCUT2D eigenvalue weighted by Gasteiger charge is -2.11. The first kappa shape index (κ1) is 20.4. The summed E-state index contributed by atoms with van der Waals surface area (Å²) in [4.78, 5) is 10.8. The van der Waals surface area contributed by atoms with Crippen LogP contribution in [0, 0.1) is 11.2 Å². The van der Waals surface area contributed by atoms with E-state index in [1.807, 2.05) is 25.0 Å². The summed E-state index contributed by atoms with van der Waals surface area (Å²) in [6.45, 7) is 2.07. The standard InChI is InChI=1S/C20H25FN8.H2/c1-28(2)8-5-9-29-14-17(13-25-29)26-20-24-12-16(10-22)19(27-20)23-11-15-6-3-4-7-18(15)21;/h3-4,6-7,10,12-14,22H,5,8-9,11H2,1-2H3,(H2,23,24,26,27);1H. The maximum Gasteiger partial charge on any atom is 0.229 e. The molecule has 0 unspecified atom stereocenters. The molecule has 154 valence electrons. The van der Waals surface area contributed by atoms with E-state index in [1.54, 1.807) is 30.6 Å². The number of nitrogens with zero attached hydrogens (tertiary/aromatic N) is 5. The molecule has 0 radical (unpaired) electrons. The fourth-order valence-corrected chi connectivity index (χ4v) is 2.75. The van der Waals surface area contributed by atoms with Crippen molar-refractivity contribution in [3.05, 3.63) is 59.8 Å². The Kier molecular flexibility index (Phi) is 6.85. The number of anilines is 3. The van der Waals surface area contributed by atoms with Crippen molar-refractivity contribution in [2.45, 2.75) is 19.5 Å². The predicted molar refractivity (Wildman–Crippen MR) is 114 cm³/mol. The molecule has 0 aliphatic carbocycles. The Hall–Kier alpha value is -3.33. The van der Waals surface area contributed by atoms with E-state index in [2.05, 4.69) is 30.6 Å². The summed E-state index contributed by atoms with van der Waals surface area (Å²) >= 11 is 0. The minimum Gasteiger partial charge on any atom is -0.365 e. The molecule has 9 heteroatoms. The molecule has 0 aliphatic rings. The molecular weight excluding hydrogens is 371 g/mol. The van der Waals surface area contributed by atoms with Gasteiger partial charge in [0.05, 0.1) is 17.4 Å². The van der Waals surface area contributed by atoms with Gasteiger partial charge in [-0.1, -0.05) is 18.2 Å². The number of nitrogens with one attached hydrogen (secondary N) is 3. The zero-order valence-corrected chi connectivity index (χ0v) is 16.6. The lowest BCUT2D eigenvalue weighted by atomic mass is 10.2. The fourth-order valence-electron chi connectivity index (χ4n) is 2.75. The minimum atomic E-state index is -0.287. The molecule has 0 bridgehead atoms. The van der Waals surface area contributed by atoms with Crippen LogP contribution in [0.3, 0.4) is 0 Å². The smallest absolute Gasteiger partial charge is 0.229 e. The Morgan fingerprint density at radius 1 is 1.28 bits per heavy atom. The molecule has 0 aliphatic heterocycles. The van der Waals surface area contributed by atoms with E-state index in [-0.39, 0.29) is 13.8 Å². The van der Waals surface area contributed by atoms with Crippen LogP contribution >= 0.6 is 0 Å². The summed E-state index contributed by atoms with van der Waals surface area (Å²) in [5.41, 5.74) is 1.82. The molecule has 0 fully saturated rings. The Labute approximate surface area is 170 Å². The summed E-state index contributed by atoms with van der Waals surface area (Å²) in [6, 6.07) is 6.55. The van der Waals surface area contributed by atoms with Gasteiger partial charge < -0.3 is 20.9 Å². The molecule has 3 rings (SSSR count). The van der Waals surface area contributed by atoms with E-state index < -0.39 is 0 Å². The summed E-state index contributed by atoms with van der Waals surface area (Å²) in [7, 11) is 4.09. The molecule has 3 N–H and O–H groups in total. The second-order valence-electron chi connectivity index (χ2n) is 6.86. The zero-order valence-electron chi connectivity index (χ0n) is 16.6. The van der Waals surface area contributed by atoms with Gasteiger partial charge in [-0.2, -0.15) is 10.1 Å². The summed E-state index contributed by atoms with van der Waals surface area (Å²) < 4.78 is 15.7. The highest BCUT2D eigenvalue weighted by atomic mass is 19.1. The number of aromatic nitrogens is 4. The van der Waals surface area contributed by atoms with Crippen molar-refractivity contribution >= 4 is 23.7 Å². The number of hydrogen-bond donors (Lipinski definition) is 3. The molecule has 3 aromatic rings. The molecule has 0 atom stereocenters. The second-order valence-corrected chi connectivity index (χ2v) is 6.86. The molecule has 29 heavy (non-hydrogen) atoms. The molecule has 0 saturated heterocycles. The average molecular weight is 398 g/mol. The number of halogens is 1. The van der Waals surface area contributed by atoms with E-state index in [0.717, 1.165) is 31.4 Å². The summed E-state index contributed by atoms with van der Waals surface area (Å²) in [6.07, 6.45) is 7.33. The van der Waals surface area contributed by atoms with Gasteiger partial charge in [0.2, 0.25) is 5.95 Å². The van der Waals surface area contributed by atoms with Gasteiger partial charge in [-0.05, 0) is 33.1 Å². The highest BCUT2D eigenvalue weighted by Crippen LogP contribution is 2.17. The molecule has 0 spiro atoms. The third-order valence-electron chi connectivity index (χ3n) is 4.26. The Bertz CT molecular complexity index is 959. The number of aryl methyl sites for hydroxylation is 1. The summed E-state index contributed by atoms with van der Waals surface area (Å²) in [5, 5.41) is 18.1. The van der Waals surface area contributed by atoms with Gasteiger partial charge in [0.25, 0.3) is 0 Å².